The van der Waals surface area contributed by atoms with E-state index < -0.39 is 0 Å². The van der Waals surface area contributed by atoms with Gasteiger partial charge in [0, 0.05) is 24.2 Å². The van der Waals surface area contributed by atoms with Crippen molar-refractivity contribution in [2.75, 3.05) is 31.6 Å². The largest absolute Gasteiger partial charge is 0.379 e. The summed E-state index contributed by atoms with van der Waals surface area (Å²) in [5.74, 6) is 0.738. The minimum Gasteiger partial charge on any atom is -0.379 e. The number of ether oxygens (including phenoxy) is 1. The molecule has 1 amide bonds. The molecule has 1 N–H and O–H groups in total. The first-order chi connectivity index (χ1) is 14.2. The van der Waals surface area contributed by atoms with Gasteiger partial charge in [0.05, 0.1) is 30.5 Å². The molecular weight excluding hydrogens is 384 g/mol. The molecule has 150 valence electrons. The van der Waals surface area contributed by atoms with E-state index in [4.69, 9.17) is 14.7 Å². The molecule has 1 fully saturated rings. The molecule has 3 aromatic rings. The topological polar surface area (TPSA) is 67.3 Å². The lowest BCUT2D eigenvalue weighted by molar-refractivity contribution is -0.115. The number of hydrogen-bond acceptors (Lipinski definition) is 6. The molecule has 1 aromatic heterocycles. The Morgan fingerprint density at radius 2 is 1.83 bits per heavy atom. The quantitative estimate of drug-likeness (QED) is 0.497. The summed E-state index contributed by atoms with van der Waals surface area (Å²) in [6, 6.07) is 17.5. The van der Waals surface area contributed by atoms with E-state index in [1.54, 1.807) is 0 Å². The highest BCUT2D eigenvalue weighted by molar-refractivity contribution is 8.00. The number of para-hydroxylation sites is 2. The van der Waals surface area contributed by atoms with Crippen LogP contribution in [-0.2, 0) is 16.1 Å². The van der Waals surface area contributed by atoms with Crippen molar-refractivity contribution in [3.8, 4) is 0 Å². The zero-order valence-corrected chi connectivity index (χ0v) is 17.2. The summed E-state index contributed by atoms with van der Waals surface area (Å²) in [7, 11) is 0. The van der Waals surface area contributed by atoms with Crippen molar-refractivity contribution in [1.82, 2.24) is 14.9 Å². The van der Waals surface area contributed by atoms with Crippen LogP contribution in [0.1, 0.15) is 12.7 Å². The third kappa shape index (κ3) is 5.12. The standard InChI is InChI=1S/C22H24N4O2S/c1-16(21(27)23-17-7-3-2-4-8-17)29-22-18-9-5-6-10-19(18)24-20(25-22)15-26-11-13-28-14-12-26/h2-10,16H,11-15H2,1H3,(H,23,27)/t16-/m0/s1. The fourth-order valence-electron chi connectivity index (χ4n) is 3.20. The van der Waals surface area contributed by atoms with Gasteiger partial charge < -0.3 is 10.1 Å². The fourth-order valence-corrected chi connectivity index (χ4v) is 4.16. The van der Waals surface area contributed by atoms with Gasteiger partial charge in [-0.25, -0.2) is 9.97 Å². The van der Waals surface area contributed by atoms with Gasteiger partial charge in [0.2, 0.25) is 5.91 Å². The van der Waals surface area contributed by atoms with Gasteiger partial charge in [0.15, 0.2) is 0 Å². The average Bonchev–Trinajstić information content (AvgIpc) is 2.75. The maximum atomic E-state index is 12.7. The van der Waals surface area contributed by atoms with Gasteiger partial charge in [-0.2, -0.15) is 0 Å². The second-order valence-corrected chi connectivity index (χ2v) is 8.30. The zero-order chi connectivity index (χ0) is 20.1. The van der Waals surface area contributed by atoms with Crippen LogP contribution in [0.15, 0.2) is 59.6 Å². The molecule has 0 saturated carbocycles. The first-order valence-electron chi connectivity index (χ1n) is 9.77. The monoisotopic (exact) mass is 408 g/mol. The second-order valence-electron chi connectivity index (χ2n) is 6.97. The Morgan fingerprint density at radius 1 is 1.10 bits per heavy atom. The number of aromatic nitrogens is 2. The molecule has 1 atom stereocenters. The number of anilines is 1. The van der Waals surface area contributed by atoms with Crippen LogP contribution in [0.2, 0.25) is 0 Å². The third-order valence-electron chi connectivity index (χ3n) is 4.78. The van der Waals surface area contributed by atoms with E-state index in [0.29, 0.717) is 6.54 Å². The fraction of sp³-hybridized carbons (Fsp3) is 0.318. The third-order valence-corrected chi connectivity index (χ3v) is 5.88. The molecule has 1 aliphatic heterocycles. The van der Waals surface area contributed by atoms with Crippen molar-refractivity contribution >= 4 is 34.3 Å². The van der Waals surface area contributed by atoms with Gasteiger partial charge in [-0.15, -0.1) is 0 Å². The highest BCUT2D eigenvalue weighted by atomic mass is 32.2. The van der Waals surface area contributed by atoms with Gasteiger partial charge in [0.1, 0.15) is 10.9 Å². The lowest BCUT2D eigenvalue weighted by Gasteiger charge is -2.26. The smallest absolute Gasteiger partial charge is 0.237 e. The number of nitrogens with one attached hydrogen (secondary N) is 1. The Hall–Kier alpha value is -2.48. The maximum Gasteiger partial charge on any atom is 0.237 e. The van der Waals surface area contributed by atoms with Gasteiger partial charge in [0.25, 0.3) is 0 Å². The second kappa shape index (κ2) is 9.35. The van der Waals surface area contributed by atoms with Crippen molar-refractivity contribution in [2.24, 2.45) is 0 Å². The number of nitrogens with zero attached hydrogens (tertiary/aromatic N) is 3. The highest BCUT2D eigenvalue weighted by Crippen LogP contribution is 2.29. The molecule has 0 unspecified atom stereocenters. The normalized spacial score (nSPS) is 15.9. The number of thioether (sulfide) groups is 1. The summed E-state index contributed by atoms with van der Waals surface area (Å²) >= 11 is 1.47. The number of fused-ring (bicyclic) bond motifs is 1. The van der Waals surface area contributed by atoms with Gasteiger partial charge >= 0.3 is 0 Å². The van der Waals surface area contributed by atoms with Gasteiger partial charge in [-0.05, 0) is 25.1 Å². The first-order valence-corrected chi connectivity index (χ1v) is 10.7. The number of amides is 1. The van der Waals surface area contributed by atoms with Crippen molar-refractivity contribution in [2.45, 2.75) is 23.7 Å². The molecule has 1 saturated heterocycles. The van der Waals surface area contributed by atoms with Gasteiger partial charge in [-0.3, -0.25) is 9.69 Å². The van der Waals surface area contributed by atoms with Crippen LogP contribution in [0.3, 0.4) is 0 Å². The molecule has 0 spiro atoms. The van der Waals surface area contributed by atoms with Crippen LogP contribution in [-0.4, -0.2) is 52.3 Å². The van der Waals surface area contributed by atoms with E-state index in [1.165, 1.54) is 11.8 Å². The summed E-state index contributed by atoms with van der Waals surface area (Å²) in [5, 5.41) is 4.49. The summed E-state index contributed by atoms with van der Waals surface area (Å²) < 4.78 is 5.43. The molecule has 1 aliphatic rings. The molecule has 0 bridgehead atoms. The van der Waals surface area contributed by atoms with Crippen LogP contribution >= 0.6 is 11.8 Å². The molecule has 2 heterocycles. The Balaban J connectivity index is 1.54. The predicted octanol–water partition coefficient (Wildman–Crippen LogP) is 3.58. The summed E-state index contributed by atoms with van der Waals surface area (Å²) in [5.41, 5.74) is 1.70. The van der Waals surface area contributed by atoms with E-state index in [0.717, 1.165) is 53.7 Å². The van der Waals surface area contributed by atoms with E-state index in [1.807, 2.05) is 61.5 Å². The van der Waals surface area contributed by atoms with Crippen LogP contribution in [0, 0.1) is 0 Å². The van der Waals surface area contributed by atoms with Crippen molar-refractivity contribution in [3.63, 3.8) is 0 Å². The van der Waals surface area contributed by atoms with Crippen molar-refractivity contribution in [3.05, 3.63) is 60.4 Å². The van der Waals surface area contributed by atoms with Gasteiger partial charge in [-0.1, -0.05) is 48.2 Å². The molecule has 6 nitrogen and oxygen atoms in total. The minimum atomic E-state index is -0.287. The lowest BCUT2D eigenvalue weighted by atomic mass is 10.2. The molecule has 0 aliphatic carbocycles. The van der Waals surface area contributed by atoms with Crippen LogP contribution < -0.4 is 5.32 Å². The van der Waals surface area contributed by atoms with Crippen LogP contribution in [0.25, 0.3) is 10.9 Å². The van der Waals surface area contributed by atoms with Crippen LogP contribution in [0.5, 0.6) is 0 Å². The maximum absolute atomic E-state index is 12.7. The SMILES string of the molecule is C[C@H](Sc1nc(CN2CCOCC2)nc2ccccc12)C(=O)Nc1ccccc1. The van der Waals surface area contributed by atoms with E-state index in [9.17, 15) is 4.79 Å². The van der Waals surface area contributed by atoms with E-state index in [-0.39, 0.29) is 11.2 Å². The number of carbonyl (C=O) groups excluding carboxylic acids is 1. The number of benzene rings is 2. The molecule has 29 heavy (non-hydrogen) atoms. The molecule has 2 aromatic carbocycles. The molecule has 0 radical (unpaired) electrons. The molecular formula is C22H24N4O2S. The van der Waals surface area contributed by atoms with Crippen molar-refractivity contribution < 1.29 is 9.53 Å². The summed E-state index contributed by atoms with van der Waals surface area (Å²) in [6.07, 6.45) is 0. The Morgan fingerprint density at radius 3 is 2.62 bits per heavy atom. The summed E-state index contributed by atoms with van der Waals surface area (Å²) in [4.78, 5) is 24.5. The Labute approximate surface area is 174 Å². The van der Waals surface area contributed by atoms with Crippen molar-refractivity contribution in [1.29, 1.82) is 0 Å². The van der Waals surface area contributed by atoms with E-state index in [2.05, 4.69) is 10.2 Å². The lowest BCUT2D eigenvalue weighted by Crippen LogP contribution is -2.36. The predicted molar refractivity (Wildman–Crippen MR) is 116 cm³/mol. The Kier molecular flexibility index (Phi) is 6.39. The molecule has 7 heteroatoms. The average molecular weight is 409 g/mol. The number of morpholine rings is 1. The Bertz CT molecular complexity index is 977. The molecule has 4 rings (SSSR count). The zero-order valence-electron chi connectivity index (χ0n) is 16.4. The number of rotatable bonds is 6. The highest BCUT2D eigenvalue weighted by Gasteiger charge is 2.19. The first kappa shape index (κ1) is 19.8. The number of hydrogen-bond donors (Lipinski definition) is 1. The van der Waals surface area contributed by atoms with E-state index >= 15 is 0 Å². The minimum absolute atomic E-state index is 0.0429. The summed E-state index contributed by atoms with van der Waals surface area (Å²) in [6.45, 7) is 5.84. The number of carbonyl (C=O) groups is 1. The van der Waals surface area contributed by atoms with Crippen LogP contribution in [0.4, 0.5) is 5.69 Å².